The summed E-state index contributed by atoms with van der Waals surface area (Å²) in [4.78, 5) is 12.1. The number of carbonyl (C=O) groups excluding carboxylic acids is 1. The second kappa shape index (κ2) is 8.65. The number of Topliss-reactive ketones (excluding diaryl/α,β-unsaturated/α-hetero) is 1. The van der Waals surface area contributed by atoms with Gasteiger partial charge < -0.3 is 9.47 Å². The third-order valence-corrected chi connectivity index (χ3v) is 3.33. The van der Waals surface area contributed by atoms with Gasteiger partial charge in [-0.2, -0.15) is 0 Å². The van der Waals surface area contributed by atoms with Gasteiger partial charge in [0.05, 0.1) is 0 Å². The zero-order chi connectivity index (χ0) is 12.5. The Hall–Kier alpha value is -0.410. The zero-order valence-corrected chi connectivity index (χ0v) is 11.2. The topological polar surface area (TPSA) is 35.5 Å². The fourth-order valence-electron chi connectivity index (χ4n) is 2.51. The molecule has 0 heterocycles. The molecule has 0 amide bonds. The molecule has 1 aliphatic carbocycles. The first-order chi connectivity index (χ1) is 8.29. The van der Waals surface area contributed by atoms with Gasteiger partial charge in [-0.25, -0.2) is 0 Å². The van der Waals surface area contributed by atoms with E-state index in [0.29, 0.717) is 19.1 Å². The Kier molecular flexibility index (Phi) is 7.45. The standard InChI is InChI=1S/C14H26O3/c1-3-10-16-11-13(15)14(17-4-2)12-8-6-5-7-9-12/h12,14H,3-11H2,1-2H3. The summed E-state index contributed by atoms with van der Waals surface area (Å²) in [6.45, 7) is 5.49. The van der Waals surface area contributed by atoms with Crippen molar-refractivity contribution >= 4 is 5.78 Å². The van der Waals surface area contributed by atoms with Crippen LogP contribution >= 0.6 is 0 Å². The molecule has 0 aromatic carbocycles. The van der Waals surface area contributed by atoms with Crippen molar-refractivity contribution in [1.82, 2.24) is 0 Å². The lowest BCUT2D eigenvalue weighted by atomic mass is 9.84. The lowest BCUT2D eigenvalue weighted by Gasteiger charge is -2.28. The van der Waals surface area contributed by atoms with Crippen molar-refractivity contribution in [2.24, 2.45) is 5.92 Å². The van der Waals surface area contributed by atoms with Crippen LogP contribution in [0.4, 0.5) is 0 Å². The summed E-state index contributed by atoms with van der Waals surface area (Å²) >= 11 is 0. The smallest absolute Gasteiger partial charge is 0.187 e. The van der Waals surface area contributed by atoms with Gasteiger partial charge >= 0.3 is 0 Å². The van der Waals surface area contributed by atoms with Crippen LogP contribution in [0.5, 0.6) is 0 Å². The average molecular weight is 242 g/mol. The highest BCUT2D eigenvalue weighted by atomic mass is 16.5. The molecule has 1 rings (SSSR count). The van der Waals surface area contributed by atoms with Gasteiger partial charge in [-0.1, -0.05) is 26.2 Å². The average Bonchev–Trinajstić information content (AvgIpc) is 2.37. The maximum Gasteiger partial charge on any atom is 0.187 e. The first-order valence-electron chi connectivity index (χ1n) is 7.01. The molecule has 0 bridgehead atoms. The molecule has 0 spiro atoms. The van der Waals surface area contributed by atoms with Gasteiger partial charge in [0.2, 0.25) is 0 Å². The van der Waals surface area contributed by atoms with Crippen LogP contribution in [0.15, 0.2) is 0 Å². The number of hydrogen-bond donors (Lipinski definition) is 0. The quantitative estimate of drug-likeness (QED) is 0.614. The minimum atomic E-state index is -0.225. The van der Waals surface area contributed by atoms with E-state index in [1.807, 2.05) is 13.8 Å². The van der Waals surface area contributed by atoms with E-state index in [1.54, 1.807) is 0 Å². The summed E-state index contributed by atoms with van der Waals surface area (Å²) in [5.41, 5.74) is 0. The molecule has 0 saturated heterocycles. The fourth-order valence-corrected chi connectivity index (χ4v) is 2.51. The Bertz CT molecular complexity index is 210. The van der Waals surface area contributed by atoms with Crippen LogP contribution in [-0.4, -0.2) is 31.7 Å². The summed E-state index contributed by atoms with van der Waals surface area (Å²) in [6, 6.07) is 0. The minimum absolute atomic E-state index is 0.132. The highest BCUT2D eigenvalue weighted by Gasteiger charge is 2.29. The molecular weight excluding hydrogens is 216 g/mol. The zero-order valence-electron chi connectivity index (χ0n) is 11.2. The third kappa shape index (κ3) is 5.17. The van der Waals surface area contributed by atoms with Crippen LogP contribution in [0.1, 0.15) is 52.4 Å². The summed E-state index contributed by atoms with van der Waals surface area (Å²) < 4.78 is 11.0. The van der Waals surface area contributed by atoms with E-state index in [9.17, 15) is 4.79 Å². The third-order valence-electron chi connectivity index (χ3n) is 3.33. The SMILES string of the molecule is CCCOCC(=O)C(OCC)C1CCCCC1. The Balaban J connectivity index is 2.42. The summed E-state index contributed by atoms with van der Waals surface area (Å²) in [7, 11) is 0. The van der Waals surface area contributed by atoms with E-state index in [0.717, 1.165) is 19.3 Å². The summed E-state index contributed by atoms with van der Waals surface area (Å²) in [6.07, 6.45) is 6.76. The van der Waals surface area contributed by atoms with Crippen LogP contribution in [0.25, 0.3) is 0 Å². The Labute approximate surface area is 105 Å². The van der Waals surface area contributed by atoms with E-state index in [-0.39, 0.29) is 18.5 Å². The van der Waals surface area contributed by atoms with Crippen molar-refractivity contribution in [3.63, 3.8) is 0 Å². The van der Waals surface area contributed by atoms with Gasteiger partial charge in [-0.3, -0.25) is 4.79 Å². The molecule has 0 aliphatic heterocycles. The van der Waals surface area contributed by atoms with Crippen LogP contribution in [-0.2, 0) is 14.3 Å². The van der Waals surface area contributed by atoms with Crippen LogP contribution in [0, 0.1) is 5.92 Å². The molecule has 17 heavy (non-hydrogen) atoms. The highest BCUT2D eigenvalue weighted by molar-refractivity contribution is 5.84. The van der Waals surface area contributed by atoms with Crippen LogP contribution < -0.4 is 0 Å². The van der Waals surface area contributed by atoms with Gasteiger partial charge in [-0.15, -0.1) is 0 Å². The molecule has 100 valence electrons. The van der Waals surface area contributed by atoms with Crippen molar-refractivity contribution in [1.29, 1.82) is 0 Å². The number of rotatable bonds is 8. The molecule has 1 atom stereocenters. The molecular formula is C14H26O3. The molecule has 0 aromatic rings. The van der Waals surface area contributed by atoms with Crippen LogP contribution in [0.2, 0.25) is 0 Å². The molecule has 0 radical (unpaired) electrons. The first kappa shape index (κ1) is 14.7. The molecule has 0 aromatic heterocycles. The van der Waals surface area contributed by atoms with Gasteiger partial charge in [0, 0.05) is 13.2 Å². The summed E-state index contributed by atoms with van der Waals surface area (Å²) in [5.74, 6) is 0.550. The van der Waals surface area contributed by atoms with E-state index < -0.39 is 0 Å². The second-order valence-corrected chi connectivity index (χ2v) is 4.79. The molecule has 1 fully saturated rings. The molecule has 1 unspecified atom stereocenters. The predicted octanol–water partition coefficient (Wildman–Crippen LogP) is 2.97. The van der Waals surface area contributed by atoms with Gasteiger partial charge in [-0.05, 0) is 32.1 Å². The van der Waals surface area contributed by atoms with E-state index in [2.05, 4.69) is 0 Å². The van der Waals surface area contributed by atoms with E-state index >= 15 is 0 Å². The minimum Gasteiger partial charge on any atom is -0.374 e. The molecule has 1 aliphatic rings. The number of ketones is 1. The van der Waals surface area contributed by atoms with Crippen molar-refractivity contribution in [3.8, 4) is 0 Å². The lowest BCUT2D eigenvalue weighted by molar-refractivity contribution is -0.139. The maximum absolute atomic E-state index is 12.1. The molecule has 0 N–H and O–H groups in total. The van der Waals surface area contributed by atoms with Crippen molar-refractivity contribution in [2.45, 2.75) is 58.5 Å². The number of ether oxygens (including phenoxy) is 2. The Morgan fingerprint density at radius 2 is 1.94 bits per heavy atom. The lowest BCUT2D eigenvalue weighted by Crippen LogP contribution is -2.36. The second-order valence-electron chi connectivity index (χ2n) is 4.79. The maximum atomic E-state index is 12.1. The van der Waals surface area contributed by atoms with Gasteiger partial charge in [0.15, 0.2) is 5.78 Å². The van der Waals surface area contributed by atoms with Crippen LogP contribution in [0.3, 0.4) is 0 Å². The fraction of sp³-hybridized carbons (Fsp3) is 0.929. The normalized spacial score (nSPS) is 19.2. The predicted molar refractivity (Wildman–Crippen MR) is 68.1 cm³/mol. The Morgan fingerprint density at radius 1 is 1.24 bits per heavy atom. The highest BCUT2D eigenvalue weighted by Crippen LogP contribution is 2.28. The van der Waals surface area contributed by atoms with E-state index in [4.69, 9.17) is 9.47 Å². The molecule has 1 saturated carbocycles. The van der Waals surface area contributed by atoms with Crippen molar-refractivity contribution in [2.75, 3.05) is 19.8 Å². The summed E-state index contributed by atoms with van der Waals surface area (Å²) in [5, 5.41) is 0. The van der Waals surface area contributed by atoms with Gasteiger partial charge in [0.25, 0.3) is 0 Å². The monoisotopic (exact) mass is 242 g/mol. The molecule has 3 heteroatoms. The number of hydrogen-bond acceptors (Lipinski definition) is 3. The largest absolute Gasteiger partial charge is 0.374 e. The first-order valence-corrected chi connectivity index (χ1v) is 7.01. The van der Waals surface area contributed by atoms with Crippen molar-refractivity contribution in [3.05, 3.63) is 0 Å². The number of carbonyl (C=O) groups is 1. The van der Waals surface area contributed by atoms with Crippen molar-refractivity contribution < 1.29 is 14.3 Å². The van der Waals surface area contributed by atoms with E-state index in [1.165, 1.54) is 19.3 Å². The Morgan fingerprint density at radius 3 is 2.53 bits per heavy atom. The molecule has 3 nitrogen and oxygen atoms in total. The van der Waals surface area contributed by atoms with Gasteiger partial charge in [0.1, 0.15) is 12.7 Å².